The van der Waals surface area contributed by atoms with Crippen LogP contribution in [0, 0.1) is 5.21 Å². The van der Waals surface area contributed by atoms with E-state index in [-0.39, 0.29) is 31.5 Å². The highest BCUT2D eigenvalue weighted by molar-refractivity contribution is 7.92. The SMILES string of the molecule is O=S(=O)(Nc1ccccc1Cl)c1ccc2no[n+]([O-])c2c1. The lowest BCUT2D eigenvalue weighted by molar-refractivity contribution is -0.782. The van der Waals surface area contributed by atoms with E-state index in [1.807, 2.05) is 0 Å². The molecule has 9 heteroatoms. The largest absolute Gasteiger partial charge is 0.359 e. The summed E-state index contributed by atoms with van der Waals surface area (Å²) in [6.07, 6.45) is 0. The van der Waals surface area contributed by atoms with Crippen molar-refractivity contribution in [3.8, 4) is 0 Å². The number of rotatable bonds is 3. The van der Waals surface area contributed by atoms with Crippen LogP contribution in [0.4, 0.5) is 5.69 Å². The first-order chi connectivity index (χ1) is 9.97. The molecule has 1 aromatic heterocycles. The summed E-state index contributed by atoms with van der Waals surface area (Å²) >= 11 is 5.91. The third-order valence-electron chi connectivity index (χ3n) is 2.79. The lowest BCUT2D eigenvalue weighted by Gasteiger charge is -2.08. The normalized spacial score (nSPS) is 11.7. The minimum Gasteiger partial charge on any atom is -0.359 e. The Bertz CT molecular complexity index is 923. The van der Waals surface area contributed by atoms with E-state index in [1.165, 1.54) is 24.3 Å². The number of nitrogens with zero attached hydrogens (tertiary/aromatic N) is 2. The van der Waals surface area contributed by atoms with E-state index in [0.29, 0.717) is 0 Å². The Kier molecular flexibility index (Phi) is 3.19. The van der Waals surface area contributed by atoms with Gasteiger partial charge in [-0.05, 0) is 29.2 Å². The molecule has 1 N–H and O–H groups in total. The van der Waals surface area contributed by atoms with E-state index < -0.39 is 10.0 Å². The number of fused-ring (bicyclic) bond motifs is 1. The second kappa shape index (κ2) is 4.90. The molecule has 3 rings (SSSR count). The number of halogens is 1. The van der Waals surface area contributed by atoms with Crippen LogP contribution in [-0.4, -0.2) is 13.6 Å². The molecule has 0 aliphatic heterocycles. The molecule has 7 nitrogen and oxygen atoms in total. The van der Waals surface area contributed by atoms with Crippen molar-refractivity contribution in [3.05, 3.63) is 52.7 Å². The van der Waals surface area contributed by atoms with Crippen molar-refractivity contribution in [2.24, 2.45) is 0 Å². The summed E-state index contributed by atoms with van der Waals surface area (Å²) in [5.41, 5.74) is 0.540. The second-order valence-corrected chi connectivity index (χ2v) is 6.26. The number of benzene rings is 2. The molecule has 0 aliphatic rings. The highest BCUT2D eigenvalue weighted by atomic mass is 35.5. The number of sulfonamides is 1. The summed E-state index contributed by atoms with van der Waals surface area (Å²) in [6.45, 7) is 0. The fourth-order valence-corrected chi connectivity index (χ4v) is 3.10. The Morgan fingerprint density at radius 3 is 2.76 bits per heavy atom. The van der Waals surface area contributed by atoms with E-state index in [0.717, 1.165) is 0 Å². The van der Waals surface area contributed by atoms with Gasteiger partial charge in [-0.25, -0.2) is 8.42 Å². The van der Waals surface area contributed by atoms with Crippen LogP contribution in [0.5, 0.6) is 0 Å². The lowest BCUT2D eigenvalue weighted by Crippen LogP contribution is -2.23. The van der Waals surface area contributed by atoms with E-state index in [1.54, 1.807) is 18.2 Å². The maximum atomic E-state index is 12.3. The average molecular weight is 326 g/mol. The van der Waals surface area contributed by atoms with Gasteiger partial charge in [0, 0.05) is 11.2 Å². The highest BCUT2D eigenvalue weighted by Gasteiger charge is 2.19. The Morgan fingerprint density at radius 1 is 1.24 bits per heavy atom. The van der Waals surface area contributed by atoms with Crippen molar-refractivity contribution in [2.75, 3.05) is 4.72 Å². The van der Waals surface area contributed by atoms with E-state index >= 15 is 0 Å². The number of aromatic nitrogens is 2. The summed E-state index contributed by atoms with van der Waals surface area (Å²) in [7, 11) is -3.88. The molecule has 0 saturated carbocycles. The molecule has 0 saturated heterocycles. The molecule has 108 valence electrons. The molecular formula is C12H8ClN3O4S. The van der Waals surface area contributed by atoms with Crippen molar-refractivity contribution < 1.29 is 17.9 Å². The quantitative estimate of drug-likeness (QED) is 0.742. The third kappa shape index (κ3) is 2.50. The van der Waals surface area contributed by atoms with Crippen LogP contribution in [0.3, 0.4) is 0 Å². The fourth-order valence-electron chi connectivity index (χ4n) is 1.77. The summed E-state index contributed by atoms with van der Waals surface area (Å²) in [5.74, 6) is 0. The standard InChI is InChI=1S/C12H8ClN3O4S/c13-9-3-1-2-4-10(9)15-21(18,19)8-5-6-11-12(7-8)16(17)20-14-11/h1-7,15H. The Morgan fingerprint density at radius 2 is 2.00 bits per heavy atom. The van der Waals surface area contributed by atoms with Gasteiger partial charge in [0.1, 0.15) is 0 Å². The molecule has 1 heterocycles. The number of nitrogens with one attached hydrogen (secondary N) is 1. The highest BCUT2D eigenvalue weighted by Crippen LogP contribution is 2.24. The monoisotopic (exact) mass is 325 g/mol. The van der Waals surface area contributed by atoms with Gasteiger partial charge in [0.25, 0.3) is 10.0 Å². The van der Waals surface area contributed by atoms with Gasteiger partial charge in [-0.1, -0.05) is 23.7 Å². The minimum absolute atomic E-state index is 0.0250. The van der Waals surface area contributed by atoms with Gasteiger partial charge in [-0.3, -0.25) is 9.35 Å². The fraction of sp³-hybridized carbons (Fsp3) is 0. The molecule has 0 bridgehead atoms. The average Bonchev–Trinajstić information content (AvgIpc) is 2.82. The van der Waals surface area contributed by atoms with Crippen molar-refractivity contribution in [2.45, 2.75) is 4.90 Å². The van der Waals surface area contributed by atoms with E-state index in [4.69, 9.17) is 11.6 Å². The van der Waals surface area contributed by atoms with Crippen LogP contribution >= 0.6 is 11.6 Å². The smallest absolute Gasteiger partial charge is 0.262 e. The first-order valence-corrected chi connectivity index (χ1v) is 7.60. The molecule has 2 aromatic carbocycles. The topological polar surface area (TPSA) is 99.1 Å². The zero-order chi connectivity index (χ0) is 15.0. The molecule has 3 aromatic rings. The number of anilines is 1. The first kappa shape index (κ1) is 13.7. The zero-order valence-corrected chi connectivity index (χ0v) is 11.9. The van der Waals surface area contributed by atoms with Crippen molar-refractivity contribution in [3.63, 3.8) is 0 Å². The lowest BCUT2D eigenvalue weighted by atomic mass is 10.3. The van der Waals surface area contributed by atoms with Crippen LogP contribution in [-0.2, 0) is 10.0 Å². The van der Waals surface area contributed by atoms with Crippen molar-refractivity contribution in [1.29, 1.82) is 0 Å². The van der Waals surface area contributed by atoms with Crippen molar-refractivity contribution >= 4 is 38.3 Å². The molecule has 0 radical (unpaired) electrons. The maximum absolute atomic E-state index is 12.3. The van der Waals surface area contributed by atoms with Crippen LogP contribution in [0.1, 0.15) is 0 Å². The Balaban J connectivity index is 2.04. The summed E-state index contributed by atoms with van der Waals surface area (Å²) in [5, 5.41) is 15.1. The van der Waals surface area contributed by atoms with Crippen LogP contribution < -0.4 is 9.63 Å². The third-order valence-corrected chi connectivity index (χ3v) is 4.48. The molecule has 0 amide bonds. The van der Waals surface area contributed by atoms with Crippen LogP contribution in [0.15, 0.2) is 52.0 Å². The van der Waals surface area contributed by atoms with Gasteiger partial charge in [0.05, 0.1) is 15.6 Å². The van der Waals surface area contributed by atoms with Gasteiger partial charge in [0.2, 0.25) is 11.0 Å². The van der Waals surface area contributed by atoms with Gasteiger partial charge >= 0.3 is 0 Å². The summed E-state index contributed by atoms with van der Waals surface area (Å²) < 4.78 is 31.3. The van der Waals surface area contributed by atoms with Crippen molar-refractivity contribution in [1.82, 2.24) is 5.16 Å². The first-order valence-electron chi connectivity index (χ1n) is 5.74. The number of para-hydroxylation sites is 1. The maximum Gasteiger partial charge on any atom is 0.262 e. The van der Waals surface area contributed by atoms with Gasteiger partial charge in [0.15, 0.2) is 0 Å². The molecule has 0 aliphatic carbocycles. The molecule has 0 spiro atoms. The number of hydrogen-bond donors (Lipinski definition) is 1. The van der Waals surface area contributed by atoms with Gasteiger partial charge in [-0.15, -0.1) is 0 Å². The van der Waals surface area contributed by atoms with Crippen LogP contribution in [0.25, 0.3) is 11.0 Å². The second-order valence-electron chi connectivity index (χ2n) is 4.17. The zero-order valence-electron chi connectivity index (χ0n) is 10.4. The molecular weight excluding hydrogens is 318 g/mol. The molecule has 0 unspecified atom stereocenters. The summed E-state index contributed by atoms with van der Waals surface area (Å²) in [4.78, 5) is 0.0480. The predicted molar refractivity (Wildman–Crippen MR) is 75.2 cm³/mol. The van der Waals surface area contributed by atoms with E-state index in [9.17, 15) is 13.6 Å². The predicted octanol–water partition coefficient (Wildman–Crippen LogP) is 1.92. The Labute approximate surface area is 124 Å². The minimum atomic E-state index is -3.88. The van der Waals surface area contributed by atoms with Gasteiger partial charge in [-0.2, -0.15) is 0 Å². The van der Waals surface area contributed by atoms with Crippen LogP contribution in [0.2, 0.25) is 5.02 Å². The summed E-state index contributed by atoms with van der Waals surface area (Å²) in [6, 6.07) is 10.3. The van der Waals surface area contributed by atoms with Gasteiger partial charge < -0.3 is 5.21 Å². The van der Waals surface area contributed by atoms with E-state index in [2.05, 4.69) is 14.5 Å². The Hall–Kier alpha value is -2.32. The molecule has 0 atom stereocenters. The molecule has 0 fully saturated rings. The molecule has 21 heavy (non-hydrogen) atoms. The number of hydrogen-bond acceptors (Lipinski definition) is 5.